The molecule has 4 unspecified atom stereocenters. The molecular formula is C40H22N2O14. The van der Waals surface area contributed by atoms with Crippen LogP contribution in [0.15, 0.2) is 84.9 Å². The molecule has 4 aromatic carbocycles. The maximum Gasteiger partial charge on any atom is 0.346 e. The zero-order valence-corrected chi connectivity index (χ0v) is 28.4. The van der Waals surface area contributed by atoms with E-state index < -0.39 is 83.1 Å². The van der Waals surface area contributed by atoms with Gasteiger partial charge in [0.2, 0.25) is 23.6 Å². The van der Waals surface area contributed by atoms with Gasteiger partial charge in [-0.05, 0) is 73.5 Å². The molecule has 4 atom stereocenters. The van der Waals surface area contributed by atoms with Gasteiger partial charge in [0.15, 0.2) is 0 Å². The van der Waals surface area contributed by atoms with Gasteiger partial charge in [0.25, 0.3) is 0 Å². The van der Waals surface area contributed by atoms with Crippen molar-refractivity contribution < 1.29 is 66.9 Å². The quantitative estimate of drug-likeness (QED) is 0.119. The van der Waals surface area contributed by atoms with Gasteiger partial charge in [-0.15, -0.1) is 0 Å². The smallest absolute Gasteiger partial charge is 0.346 e. The summed E-state index contributed by atoms with van der Waals surface area (Å²) in [7, 11) is 0. The molecule has 16 heteroatoms. The predicted molar refractivity (Wildman–Crippen MR) is 183 cm³/mol. The van der Waals surface area contributed by atoms with Gasteiger partial charge in [-0.1, -0.05) is 12.1 Å². The van der Waals surface area contributed by atoms with Crippen LogP contribution >= 0.6 is 0 Å². The zero-order chi connectivity index (χ0) is 39.2. The predicted octanol–water partition coefficient (Wildman–Crippen LogP) is 3.45. The van der Waals surface area contributed by atoms with Gasteiger partial charge in [0.1, 0.15) is 11.5 Å². The van der Waals surface area contributed by atoms with E-state index in [4.69, 9.17) is 9.47 Å². The Morgan fingerprint density at radius 2 is 0.821 bits per heavy atom. The number of carbonyl (C=O) groups excluding carboxylic acids is 10. The first kappa shape index (κ1) is 34.2. The first-order valence-corrected chi connectivity index (χ1v) is 17.1. The summed E-state index contributed by atoms with van der Waals surface area (Å²) in [5, 5.41) is 0. The number of anilines is 2. The molecule has 5 aliphatic rings. The van der Waals surface area contributed by atoms with Gasteiger partial charge in [-0.2, -0.15) is 0 Å². The van der Waals surface area contributed by atoms with Gasteiger partial charge < -0.3 is 18.9 Å². The molecule has 0 N–H and O–H groups in total. The Balaban J connectivity index is 0.890. The molecule has 2 saturated heterocycles. The normalized spacial score (nSPS) is 22.1. The summed E-state index contributed by atoms with van der Waals surface area (Å²) in [4.78, 5) is 130. The van der Waals surface area contributed by atoms with Crippen molar-refractivity contribution in [3.05, 3.63) is 118 Å². The van der Waals surface area contributed by atoms with E-state index in [-0.39, 0.29) is 69.1 Å². The zero-order valence-electron chi connectivity index (χ0n) is 28.4. The van der Waals surface area contributed by atoms with E-state index in [1.165, 1.54) is 84.9 Å². The van der Waals surface area contributed by atoms with Crippen LogP contribution in [0.1, 0.15) is 75.0 Å². The van der Waals surface area contributed by atoms with Crippen molar-refractivity contribution >= 4 is 70.8 Å². The topological polar surface area (TPSA) is 214 Å². The molecule has 1 aliphatic carbocycles. The molecule has 4 aliphatic heterocycles. The van der Waals surface area contributed by atoms with Crippen LogP contribution in [0.25, 0.3) is 0 Å². The summed E-state index contributed by atoms with van der Waals surface area (Å²) in [5.74, 6) is -11.2. The molecule has 0 radical (unpaired) electrons. The minimum atomic E-state index is -0.910. The Kier molecular flexibility index (Phi) is 7.61. The Hall–Kier alpha value is -7.62. The maximum absolute atomic E-state index is 13.8. The molecule has 56 heavy (non-hydrogen) atoms. The second-order valence-electron chi connectivity index (χ2n) is 13.6. The molecule has 0 spiro atoms. The summed E-state index contributed by atoms with van der Waals surface area (Å²) in [6.07, 6.45) is -0.152. The number of carbonyl (C=O) groups is 10. The van der Waals surface area contributed by atoms with Crippen molar-refractivity contribution in [2.24, 2.45) is 23.7 Å². The molecule has 276 valence electrons. The number of hydrogen-bond donors (Lipinski definition) is 0. The number of fused-ring (bicyclic) bond motifs is 4. The van der Waals surface area contributed by atoms with Crippen LogP contribution in [0.3, 0.4) is 0 Å². The molecule has 3 fully saturated rings. The first-order valence-electron chi connectivity index (χ1n) is 17.1. The molecule has 4 aromatic rings. The maximum atomic E-state index is 13.8. The van der Waals surface area contributed by atoms with E-state index in [2.05, 4.69) is 9.47 Å². The van der Waals surface area contributed by atoms with Crippen LogP contribution in [-0.4, -0.2) is 59.4 Å². The largest absolute Gasteiger partial charge is 0.423 e. The molecule has 4 heterocycles. The lowest BCUT2D eigenvalue weighted by Gasteiger charge is -2.28. The second kappa shape index (κ2) is 12.5. The van der Waals surface area contributed by atoms with Crippen LogP contribution in [-0.2, 0) is 28.7 Å². The highest BCUT2D eigenvalue weighted by Gasteiger charge is 2.60. The van der Waals surface area contributed by atoms with Crippen LogP contribution in [0.5, 0.6) is 11.5 Å². The summed E-state index contributed by atoms with van der Waals surface area (Å²) in [6, 6.07) is 18.8. The van der Waals surface area contributed by atoms with Crippen molar-refractivity contribution in [1.29, 1.82) is 0 Å². The van der Waals surface area contributed by atoms with E-state index in [9.17, 15) is 47.9 Å². The standard InChI is InChI=1S/C40H22N2O14/c43-31-25-15-27-28(34(46)42(33(27)45)20-4-2-6-22(14-20)54-36(48)18-8-10-24-30(12-18)40(52)56-38(24)50)16-26(25)32(44)41(31)19-3-1-5-21(13-19)53-35(47)17-7-9-23-29(11-17)39(51)55-37(23)49/h1-14,25-28H,15-16H2. The third-order valence-corrected chi connectivity index (χ3v) is 10.5. The highest BCUT2D eigenvalue weighted by Crippen LogP contribution is 2.49. The fourth-order valence-electron chi connectivity index (χ4n) is 7.81. The van der Waals surface area contributed by atoms with Crippen molar-refractivity contribution in [3.8, 4) is 11.5 Å². The lowest BCUT2D eigenvalue weighted by Crippen LogP contribution is -2.35. The molecular weight excluding hydrogens is 732 g/mol. The number of hydrogen-bond acceptors (Lipinski definition) is 14. The van der Waals surface area contributed by atoms with Gasteiger partial charge in [0, 0.05) is 12.1 Å². The minimum Gasteiger partial charge on any atom is -0.423 e. The highest BCUT2D eigenvalue weighted by molar-refractivity contribution is 6.25. The molecule has 0 bridgehead atoms. The summed E-state index contributed by atoms with van der Waals surface area (Å²) >= 11 is 0. The number of benzene rings is 4. The molecule has 4 amide bonds. The van der Waals surface area contributed by atoms with Crippen LogP contribution < -0.4 is 19.3 Å². The fraction of sp³-hybridized carbons (Fsp3) is 0.150. The monoisotopic (exact) mass is 754 g/mol. The Labute approximate surface area is 313 Å². The SMILES string of the molecule is O=C(Oc1cccc(N2C(=O)C3CC4C(=O)N(c5cccc(OC(=O)c6ccc7c(c6)C(=O)OC7=O)c5)C(=O)C4CC3C2=O)c1)c1ccc2c(c1)C(=O)OC2=O. The van der Waals surface area contributed by atoms with Crippen LogP contribution in [0.2, 0.25) is 0 Å². The number of nitrogens with zero attached hydrogens (tertiary/aromatic N) is 2. The second-order valence-corrected chi connectivity index (χ2v) is 13.6. The summed E-state index contributed by atoms with van der Waals surface area (Å²) < 4.78 is 20.0. The third-order valence-electron chi connectivity index (χ3n) is 10.5. The number of cyclic esters (lactones) is 4. The van der Waals surface area contributed by atoms with Gasteiger partial charge in [-0.25, -0.2) is 38.6 Å². The first-order chi connectivity index (χ1) is 26.9. The molecule has 1 saturated carbocycles. The number of amides is 4. The number of imide groups is 2. The van der Waals surface area contributed by atoms with Crippen LogP contribution in [0, 0.1) is 23.7 Å². The number of esters is 6. The Bertz CT molecular complexity index is 2380. The van der Waals surface area contributed by atoms with Gasteiger partial charge in [-0.3, -0.25) is 19.2 Å². The summed E-state index contributed by atoms with van der Waals surface area (Å²) in [6.45, 7) is 0. The van der Waals surface area contributed by atoms with Crippen molar-refractivity contribution in [2.45, 2.75) is 12.8 Å². The van der Waals surface area contributed by atoms with Gasteiger partial charge >= 0.3 is 35.8 Å². The van der Waals surface area contributed by atoms with Crippen molar-refractivity contribution in [3.63, 3.8) is 0 Å². The van der Waals surface area contributed by atoms with Crippen LogP contribution in [0.4, 0.5) is 11.4 Å². The van der Waals surface area contributed by atoms with E-state index in [1.807, 2.05) is 0 Å². The van der Waals surface area contributed by atoms with E-state index in [0.717, 1.165) is 9.80 Å². The van der Waals surface area contributed by atoms with Gasteiger partial charge in [0.05, 0.1) is 68.4 Å². The van der Waals surface area contributed by atoms with Crippen molar-refractivity contribution in [1.82, 2.24) is 0 Å². The number of rotatable bonds is 6. The molecule has 0 aromatic heterocycles. The lowest BCUT2D eigenvalue weighted by molar-refractivity contribution is -0.129. The highest BCUT2D eigenvalue weighted by atomic mass is 16.6. The number of ether oxygens (including phenoxy) is 4. The third kappa shape index (κ3) is 5.29. The molecule has 9 rings (SSSR count). The summed E-state index contributed by atoms with van der Waals surface area (Å²) in [5.41, 5.74) is -0.0366. The Morgan fingerprint density at radius 1 is 0.464 bits per heavy atom. The van der Waals surface area contributed by atoms with Crippen molar-refractivity contribution in [2.75, 3.05) is 9.80 Å². The lowest BCUT2D eigenvalue weighted by atomic mass is 9.70. The molecule has 16 nitrogen and oxygen atoms in total. The van der Waals surface area contributed by atoms with E-state index >= 15 is 0 Å². The Morgan fingerprint density at radius 3 is 1.20 bits per heavy atom. The minimum absolute atomic E-state index is 0.0131. The average Bonchev–Trinajstić information content (AvgIpc) is 3.82. The van der Waals surface area contributed by atoms with E-state index in [1.54, 1.807) is 0 Å². The van der Waals surface area contributed by atoms with E-state index in [0.29, 0.717) is 0 Å². The average molecular weight is 755 g/mol. The fourth-order valence-corrected chi connectivity index (χ4v) is 7.81.